The molecule has 1 fully saturated rings. The lowest BCUT2D eigenvalue weighted by Gasteiger charge is -2.32. The summed E-state index contributed by atoms with van der Waals surface area (Å²) in [6.07, 6.45) is 7.45. The molecule has 8 heteroatoms. The van der Waals surface area contributed by atoms with E-state index in [1.807, 2.05) is 29.6 Å². The molecule has 0 aromatic carbocycles. The summed E-state index contributed by atoms with van der Waals surface area (Å²) in [7, 11) is 1.95. The highest BCUT2D eigenvalue weighted by Gasteiger charge is 2.27. The first kappa shape index (κ1) is 16.5. The van der Waals surface area contributed by atoms with Crippen LogP contribution in [0.3, 0.4) is 0 Å². The second-order valence-corrected chi connectivity index (χ2v) is 6.44. The first-order valence-electron chi connectivity index (χ1n) is 8.50. The molecular formula is C16H25N7O. The van der Waals surface area contributed by atoms with Crippen LogP contribution in [0.1, 0.15) is 42.3 Å². The zero-order valence-electron chi connectivity index (χ0n) is 14.3. The van der Waals surface area contributed by atoms with Gasteiger partial charge in [0.2, 0.25) is 0 Å². The Kier molecular flexibility index (Phi) is 5.12. The average molecular weight is 331 g/mol. The number of carbonyl (C=O) groups excluding carboxylic acids is 1. The van der Waals surface area contributed by atoms with Crippen LogP contribution < -0.4 is 5.32 Å². The van der Waals surface area contributed by atoms with Gasteiger partial charge in [-0.05, 0) is 38.2 Å². The predicted octanol–water partition coefficient (Wildman–Crippen LogP) is 1.37. The van der Waals surface area contributed by atoms with Gasteiger partial charge in [-0.25, -0.2) is 4.79 Å². The zero-order chi connectivity index (χ0) is 16.9. The van der Waals surface area contributed by atoms with Crippen LogP contribution in [-0.4, -0.2) is 55.5 Å². The molecule has 8 nitrogen and oxygen atoms in total. The summed E-state index contributed by atoms with van der Waals surface area (Å²) in [5.41, 5.74) is 2.31. The van der Waals surface area contributed by atoms with Gasteiger partial charge < -0.3 is 14.8 Å². The standard InChI is InChI=1S/C16H25N7O/c1-12-13(9-18-20-12)5-3-7-17-16(24)23-8-4-6-14(10-23)15-21-19-11-22(15)2/h9,11,14H,3-8,10H2,1-2H3,(H,17,24)(H,18,20)/t14-/m1/s1. The van der Waals surface area contributed by atoms with Gasteiger partial charge in [-0.3, -0.25) is 5.10 Å². The number of aromatic amines is 1. The van der Waals surface area contributed by atoms with E-state index in [0.717, 1.165) is 43.7 Å². The third-order valence-corrected chi connectivity index (χ3v) is 4.65. The SMILES string of the molecule is Cc1[nH]ncc1CCCNC(=O)N1CCC[C@@H](c2nncn2C)C1. The van der Waals surface area contributed by atoms with Crippen molar-refractivity contribution in [3.63, 3.8) is 0 Å². The molecule has 2 aromatic heterocycles. The number of aryl methyl sites for hydroxylation is 3. The number of aromatic nitrogens is 5. The number of urea groups is 1. The van der Waals surface area contributed by atoms with Crippen LogP contribution >= 0.6 is 0 Å². The number of H-pyrrole nitrogens is 1. The second-order valence-electron chi connectivity index (χ2n) is 6.44. The largest absolute Gasteiger partial charge is 0.338 e. The van der Waals surface area contributed by atoms with Crippen molar-refractivity contribution in [2.24, 2.45) is 7.05 Å². The molecule has 1 aliphatic heterocycles. The Morgan fingerprint density at radius 2 is 2.38 bits per heavy atom. The van der Waals surface area contributed by atoms with E-state index in [1.54, 1.807) is 6.33 Å². The van der Waals surface area contributed by atoms with Crippen LogP contribution in [-0.2, 0) is 13.5 Å². The van der Waals surface area contributed by atoms with Gasteiger partial charge in [-0.1, -0.05) is 0 Å². The molecule has 24 heavy (non-hydrogen) atoms. The van der Waals surface area contributed by atoms with Gasteiger partial charge in [-0.2, -0.15) is 5.10 Å². The molecule has 0 aliphatic carbocycles. The van der Waals surface area contributed by atoms with E-state index in [1.165, 1.54) is 5.56 Å². The monoisotopic (exact) mass is 331 g/mol. The Morgan fingerprint density at radius 3 is 3.08 bits per heavy atom. The highest BCUT2D eigenvalue weighted by molar-refractivity contribution is 5.74. The smallest absolute Gasteiger partial charge is 0.317 e. The Balaban J connectivity index is 1.44. The third-order valence-electron chi connectivity index (χ3n) is 4.65. The minimum absolute atomic E-state index is 0.0192. The summed E-state index contributed by atoms with van der Waals surface area (Å²) < 4.78 is 1.94. The van der Waals surface area contributed by atoms with Crippen LogP contribution in [0.2, 0.25) is 0 Å². The fraction of sp³-hybridized carbons (Fsp3) is 0.625. The summed E-state index contributed by atoms with van der Waals surface area (Å²) in [6, 6.07) is 0.0192. The van der Waals surface area contributed by atoms with Gasteiger partial charge in [-0.15, -0.1) is 10.2 Å². The molecule has 2 N–H and O–H groups in total. The number of amides is 2. The summed E-state index contributed by atoms with van der Waals surface area (Å²) in [6.45, 7) is 4.20. The quantitative estimate of drug-likeness (QED) is 0.810. The zero-order valence-corrected chi connectivity index (χ0v) is 14.3. The molecule has 0 saturated carbocycles. The van der Waals surface area contributed by atoms with Gasteiger partial charge >= 0.3 is 6.03 Å². The molecule has 3 rings (SSSR count). The van der Waals surface area contributed by atoms with E-state index in [4.69, 9.17) is 0 Å². The number of nitrogens with one attached hydrogen (secondary N) is 2. The maximum absolute atomic E-state index is 12.4. The average Bonchev–Trinajstić information content (AvgIpc) is 3.20. The molecule has 130 valence electrons. The van der Waals surface area contributed by atoms with Gasteiger partial charge in [0.05, 0.1) is 6.20 Å². The molecular weight excluding hydrogens is 306 g/mol. The highest BCUT2D eigenvalue weighted by atomic mass is 16.2. The van der Waals surface area contributed by atoms with Crippen molar-refractivity contribution < 1.29 is 4.79 Å². The second kappa shape index (κ2) is 7.46. The summed E-state index contributed by atoms with van der Waals surface area (Å²) in [5.74, 6) is 1.23. The molecule has 2 aromatic rings. The summed E-state index contributed by atoms with van der Waals surface area (Å²) in [4.78, 5) is 14.3. The number of nitrogens with zero attached hydrogens (tertiary/aromatic N) is 5. The Morgan fingerprint density at radius 1 is 1.50 bits per heavy atom. The van der Waals surface area contributed by atoms with Crippen LogP contribution in [0.5, 0.6) is 0 Å². The minimum atomic E-state index is 0.0192. The number of hydrogen-bond acceptors (Lipinski definition) is 4. The van der Waals surface area contributed by atoms with Crippen LogP contribution in [0.25, 0.3) is 0 Å². The van der Waals surface area contributed by atoms with Gasteiger partial charge in [0.15, 0.2) is 0 Å². The molecule has 1 aliphatic rings. The van der Waals surface area contributed by atoms with Gasteiger partial charge in [0.25, 0.3) is 0 Å². The fourth-order valence-electron chi connectivity index (χ4n) is 3.25. The highest BCUT2D eigenvalue weighted by Crippen LogP contribution is 2.24. The van der Waals surface area contributed by atoms with Gasteiger partial charge in [0.1, 0.15) is 12.2 Å². The number of carbonyl (C=O) groups is 1. The van der Waals surface area contributed by atoms with Crippen molar-refractivity contribution in [2.45, 2.75) is 38.5 Å². The van der Waals surface area contributed by atoms with Crippen molar-refractivity contribution in [1.29, 1.82) is 0 Å². The number of likely N-dealkylation sites (tertiary alicyclic amines) is 1. The van der Waals surface area contributed by atoms with E-state index in [0.29, 0.717) is 13.1 Å². The summed E-state index contributed by atoms with van der Waals surface area (Å²) >= 11 is 0. The fourth-order valence-corrected chi connectivity index (χ4v) is 3.25. The lowest BCUT2D eigenvalue weighted by atomic mass is 9.97. The van der Waals surface area contributed by atoms with Crippen LogP contribution in [0.4, 0.5) is 4.79 Å². The predicted molar refractivity (Wildman–Crippen MR) is 89.6 cm³/mol. The lowest BCUT2D eigenvalue weighted by Crippen LogP contribution is -2.45. The minimum Gasteiger partial charge on any atom is -0.338 e. The molecule has 0 radical (unpaired) electrons. The molecule has 1 saturated heterocycles. The molecule has 1 atom stereocenters. The van der Waals surface area contributed by atoms with Gasteiger partial charge in [0, 0.05) is 38.3 Å². The molecule has 0 bridgehead atoms. The van der Waals surface area contributed by atoms with E-state index in [-0.39, 0.29) is 11.9 Å². The molecule has 2 amide bonds. The lowest BCUT2D eigenvalue weighted by molar-refractivity contribution is 0.177. The van der Waals surface area contributed by atoms with Crippen LogP contribution in [0, 0.1) is 6.92 Å². The first-order valence-corrected chi connectivity index (χ1v) is 8.50. The molecule has 0 unspecified atom stereocenters. The topological polar surface area (TPSA) is 91.7 Å². The molecule has 3 heterocycles. The van der Waals surface area contributed by atoms with E-state index in [2.05, 4.69) is 25.7 Å². The van der Waals surface area contributed by atoms with E-state index in [9.17, 15) is 4.79 Å². The van der Waals surface area contributed by atoms with Crippen molar-refractivity contribution in [3.8, 4) is 0 Å². The van der Waals surface area contributed by atoms with E-state index >= 15 is 0 Å². The maximum Gasteiger partial charge on any atom is 0.317 e. The van der Waals surface area contributed by atoms with Crippen LogP contribution in [0.15, 0.2) is 12.5 Å². The van der Waals surface area contributed by atoms with Crippen molar-refractivity contribution in [1.82, 2.24) is 35.2 Å². The maximum atomic E-state index is 12.4. The van der Waals surface area contributed by atoms with Crippen molar-refractivity contribution in [3.05, 3.63) is 29.6 Å². The Bertz CT molecular complexity index is 678. The Labute approximate surface area is 141 Å². The van der Waals surface area contributed by atoms with Crippen molar-refractivity contribution in [2.75, 3.05) is 19.6 Å². The Hall–Kier alpha value is -2.38. The third kappa shape index (κ3) is 3.74. The number of hydrogen-bond donors (Lipinski definition) is 2. The normalized spacial score (nSPS) is 17.9. The number of rotatable bonds is 5. The first-order chi connectivity index (χ1) is 11.6. The number of piperidine rings is 1. The van der Waals surface area contributed by atoms with E-state index < -0.39 is 0 Å². The summed E-state index contributed by atoms with van der Waals surface area (Å²) in [5, 5.41) is 18.1. The molecule has 0 spiro atoms. The van der Waals surface area contributed by atoms with Crippen molar-refractivity contribution >= 4 is 6.03 Å².